The van der Waals surface area contributed by atoms with Crippen molar-refractivity contribution in [3.05, 3.63) is 47.3 Å². The Hall–Kier alpha value is -1.97. The predicted octanol–water partition coefficient (Wildman–Crippen LogP) is 3.70. The van der Waals surface area contributed by atoms with E-state index in [0.29, 0.717) is 24.7 Å². The van der Waals surface area contributed by atoms with Crippen LogP contribution in [0.15, 0.2) is 35.6 Å². The molecule has 1 aliphatic rings. The second-order valence-corrected chi connectivity index (χ2v) is 11.4. The molecule has 0 bridgehead atoms. The van der Waals surface area contributed by atoms with E-state index in [1.807, 2.05) is 42.7 Å². The lowest BCUT2D eigenvalue weighted by Gasteiger charge is -2.28. The van der Waals surface area contributed by atoms with Crippen LogP contribution in [0.1, 0.15) is 50.4 Å². The zero-order valence-electron chi connectivity index (χ0n) is 20.1. The summed E-state index contributed by atoms with van der Waals surface area (Å²) in [6.45, 7) is 11.3. The average Bonchev–Trinajstić information content (AvgIpc) is 3.37. The number of hydrogen-bond donors (Lipinski definition) is 1. The van der Waals surface area contributed by atoms with E-state index < -0.39 is 9.84 Å². The second kappa shape index (κ2) is 11.4. The van der Waals surface area contributed by atoms with Crippen LogP contribution in [0, 0.1) is 12.8 Å². The zero-order valence-corrected chi connectivity index (χ0v) is 21.7. The molecule has 33 heavy (non-hydrogen) atoms. The lowest BCUT2D eigenvalue weighted by Crippen LogP contribution is -2.43. The minimum Gasteiger partial charge on any atom is -0.376 e. The molecule has 1 aromatic carbocycles. The molecule has 1 saturated heterocycles. The van der Waals surface area contributed by atoms with Gasteiger partial charge < -0.3 is 19.5 Å². The third-order valence-corrected chi connectivity index (χ3v) is 7.58. The van der Waals surface area contributed by atoms with Gasteiger partial charge in [-0.3, -0.25) is 0 Å². The average molecular weight is 493 g/mol. The molecule has 7 nitrogen and oxygen atoms in total. The van der Waals surface area contributed by atoms with Crippen molar-refractivity contribution >= 4 is 27.2 Å². The van der Waals surface area contributed by atoms with E-state index >= 15 is 0 Å². The Balaban J connectivity index is 1.90. The lowest BCUT2D eigenvalue weighted by atomic mass is 10.2. The van der Waals surface area contributed by atoms with Crippen molar-refractivity contribution in [1.29, 1.82) is 0 Å². The molecule has 1 atom stereocenters. The normalized spacial score (nSPS) is 16.3. The second-order valence-electron chi connectivity index (χ2n) is 9.14. The number of aromatic nitrogens is 2. The smallest absolute Gasteiger partial charge is 0.228 e. The highest BCUT2D eigenvalue weighted by Crippen LogP contribution is 2.22. The first-order chi connectivity index (χ1) is 15.7. The van der Waals surface area contributed by atoms with Crippen molar-refractivity contribution in [2.24, 2.45) is 5.92 Å². The monoisotopic (exact) mass is 492 g/mol. The van der Waals surface area contributed by atoms with Crippen molar-refractivity contribution in [1.82, 2.24) is 19.8 Å². The van der Waals surface area contributed by atoms with Gasteiger partial charge in [-0.05, 0) is 50.4 Å². The molecule has 9 heteroatoms. The van der Waals surface area contributed by atoms with Crippen LogP contribution in [0.4, 0.5) is 0 Å². The van der Waals surface area contributed by atoms with Gasteiger partial charge >= 0.3 is 0 Å². The first-order valence-corrected chi connectivity index (χ1v) is 13.7. The van der Waals surface area contributed by atoms with Crippen molar-refractivity contribution in [3.8, 4) is 0 Å². The van der Waals surface area contributed by atoms with E-state index in [2.05, 4.69) is 29.0 Å². The van der Waals surface area contributed by atoms with Gasteiger partial charge in [0.05, 0.1) is 30.3 Å². The Bertz CT molecular complexity index is 1040. The lowest BCUT2D eigenvalue weighted by molar-refractivity contribution is 0.0892. The van der Waals surface area contributed by atoms with Crippen LogP contribution in [0.2, 0.25) is 0 Å². The van der Waals surface area contributed by atoms with Gasteiger partial charge in [-0.1, -0.05) is 43.7 Å². The third-order valence-electron chi connectivity index (χ3n) is 5.58. The molecule has 1 aromatic heterocycles. The Morgan fingerprint density at radius 1 is 1.39 bits per heavy atom. The number of rotatable bonds is 10. The quantitative estimate of drug-likeness (QED) is 0.507. The molecule has 0 unspecified atom stereocenters. The van der Waals surface area contributed by atoms with Crippen LogP contribution < -0.4 is 5.32 Å². The highest BCUT2D eigenvalue weighted by Gasteiger charge is 2.27. The van der Waals surface area contributed by atoms with Gasteiger partial charge in [0.1, 0.15) is 0 Å². The SMILES string of the molecule is CCNC(=S)N(Cc1cnc(S(=O)(=O)Cc2cccc(C)c2)n1CC(C)C)C[C@H]1CCCO1. The van der Waals surface area contributed by atoms with Crippen molar-refractivity contribution < 1.29 is 13.2 Å². The van der Waals surface area contributed by atoms with E-state index in [4.69, 9.17) is 17.0 Å². The molecule has 2 heterocycles. The Kier molecular flexibility index (Phi) is 8.89. The standard InChI is InChI=1S/C24H36N4O3S2/c1-5-25-23(32)27(16-22-10-7-11-31-22)15-21-13-26-24(28(21)14-18(2)3)33(29,30)17-20-9-6-8-19(4)12-20/h6,8-9,12-13,18,22H,5,7,10-11,14-17H2,1-4H3,(H,25,32)/t22-/m1/s1. The van der Waals surface area contributed by atoms with Gasteiger partial charge in [0, 0.05) is 26.2 Å². The number of ether oxygens (including phenoxy) is 1. The van der Waals surface area contributed by atoms with Crippen LogP contribution in [0.3, 0.4) is 0 Å². The number of aryl methyl sites for hydroxylation is 1. The maximum atomic E-state index is 13.4. The van der Waals surface area contributed by atoms with Crippen LogP contribution in [0.25, 0.3) is 0 Å². The fourth-order valence-electron chi connectivity index (χ4n) is 4.12. The molecule has 182 valence electrons. The van der Waals surface area contributed by atoms with Crippen LogP contribution >= 0.6 is 12.2 Å². The number of imidazole rings is 1. The third kappa shape index (κ3) is 7.01. The van der Waals surface area contributed by atoms with Crippen molar-refractivity contribution in [2.45, 2.75) is 70.6 Å². The zero-order chi connectivity index (χ0) is 24.0. The highest BCUT2D eigenvalue weighted by atomic mass is 32.2. The van der Waals surface area contributed by atoms with Gasteiger partial charge in [-0.15, -0.1) is 0 Å². The fourth-order valence-corrected chi connectivity index (χ4v) is 5.90. The minimum atomic E-state index is -3.61. The molecule has 0 radical (unpaired) electrons. The summed E-state index contributed by atoms with van der Waals surface area (Å²) >= 11 is 5.63. The first kappa shape index (κ1) is 25.6. The molecule has 1 fully saturated rings. The molecule has 3 rings (SSSR count). The summed E-state index contributed by atoms with van der Waals surface area (Å²) in [7, 11) is -3.61. The molecule has 1 N–H and O–H groups in total. The van der Waals surface area contributed by atoms with Gasteiger partial charge in [0.2, 0.25) is 15.0 Å². The minimum absolute atomic E-state index is 0.0708. The van der Waals surface area contributed by atoms with Gasteiger partial charge in [-0.2, -0.15) is 0 Å². The van der Waals surface area contributed by atoms with E-state index in [0.717, 1.165) is 42.8 Å². The van der Waals surface area contributed by atoms with Crippen LogP contribution in [-0.4, -0.2) is 53.8 Å². The predicted molar refractivity (Wildman–Crippen MR) is 135 cm³/mol. The molecule has 2 aromatic rings. The molecule has 1 aliphatic heterocycles. The van der Waals surface area contributed by atoms with E-state index in [-0.39, 0.29) is 22.9 Å². The van der Waals surface area contributed by atoms with E-state index in [1.165, 1.54) is 0 Å². The first-order valence-electron chi connectivity index (χ1n) is 11.7. The topological polar surface area (TPSA) is 76.5 Å². The summed E-state index contributed by atoms with van der Waals surface area (Å²) < 4.78 is 34.4. The maximum absolute atomic E-state index is 13.4. The number of nitrogens with one attached hydrogen (secondary N) is 1. The number of thiocarbonyl (C=S) groups is 1. The summed E-state index contributed by atoms with van der Waals surface area (Å²) in [5.74, 6) is 0.191. The highest BCUT2D eigenvalue weighted by molar-refractivity contribution is 7.90. The van der Waals surface area contributed by atoms with Crippen LogP contribution in [-0.2, 0) is 33.4 Å². The molecule has 0 amide bonds. The fraction of sp³-hybridized carbons (Fsp3) is 0.583. The summed E-state index contributed by atoms with van der Waals surface area (Å²) in [4.78, 5) is 6.47. The Morgan fingerprint density at radius 2 is 2.18 bits per heavy atom. The molecule has 0 saturated carbocycles. The number of benzene rings is 1. The van der Waals surface area contributed by atoms with Gasteiger partial charge in [-0.25, -0.2) is 13.4 Å². The van der Waals surface area contributed by atoms with E-state index in [9.17, 15) is 8.42 Å². The van der Waals surface area contributed by atoms with Gasteiger partial charge in [0.15, 0.2) is 5.11 Å². The summed E-state index contributed by atoms with van der Waals surface area (Å²) in [6, 6.07) is 7.60. The maximum Gasteiger partial charge on any atom is 0.228 e. The number of hydrogen-bond acceptors (Lipinski definition) is 5. The summed E-state index contributed by atoms with van der Waals surface area (Å²) in [5.41, 5.74) is 2.64. The number of nitrogens with zero attached hydrogens (tertiary/aromatic N) is 3. The van der Waals surface area contributed by atoms with E-state index in [1.54, 1.807) is 6.20 Å². The Morgan fingerprint density at radius 3 is 2.82 bits per heavy atom. The molecular formula is C24H36N4O3S2. The number of sulfone groups is 1. The van der Waals surface area contributed by atoms with Crippen LogP contribution in [0.5, 0.6) is 0 Å². The van der Waals surface area contributed by atoms with Crippen molar-refractivity contribution in [2.75, 3.05) is 19.7 Å². The summed E-state index contributed by atoms with van der Waals surface area (Å²) in [6.07, 6.45) is 3.88. The largest absolute Gasteiger partial charge is 0.376 e. The van der Waals surface area contributed by atoms with Gasteiger partial charge in [0.25, 0.3) is 0 Å². The summed E-state index contributed by atoms with van der Waals surface area (Å²) in [5, 5.41) is 4.00. The molecular weight excluding hydrogens is 456 g/mol. The molecule has 0 spiro atoms. The molecule has 0 aliphatic carbocycles. The Labute approximate surface area is 203 Å². The van der Waals surface area contributed by atoms with Crippen molar-refractivity contribution in [3.63, 3.8) is 0 Å².